The van der Waals surface area contributed by atoms with Crippen molar-refractivity contribution in [3.05, 3.63) is 54.1 Å². The highest BCUT2D eigenvalue weighted by molar-refractivity contribution is 5.76. The highest BCUT2D eigenvalue weighted by atomic mass is 16.2. The van der Waals surface area contributed by atoms with Gasteiger partial charge in [0.25, 0.3) is 0 Å². The molecule has 3 aliphatic heterocycles. The average molecular weight is 367 g/mol. The molecule has 3 saturated heterocycles. The van der Waals surface area contributed by atoms with Gasteiger partial charge in [0.2, 0.25) is 5.91 Å². The maximum atomic E-state index is 12.8. The minimum Gasteiger partial charge on any atom is -0.341 e. The first-order valence-corrected chi connectivity index (χ1v) is 10.2. The zero-order valence-corrected chi connectivity index (χ0v) is 16.3. The molecule has 0 N–H and O–H groups in total. The number of aromatic nitrogens is 2. The van der Waals surface area contributed by atoms with E-state index in [1.54, 1.807) is 0 Å². The average Bonchev–Trinajstić information content (AvgIpc) is 2.89. The van der Waals surface area contributed by atoms with E-state index < -0.39 is 0 Å². The van der Waals surface area contributed by atoms with Crippen molar-refractivity contribution < 1.29 is 4.79 Å². The van der Waals surface area contributed by atoms with Crippen LogP contribution in [0.1, 0.15) is 37.1 Å². The van der Waals surface area contributed by atoms with Crippen molar-refractivity contribution in [2.24, 2.45) is 5.92 Å². The van der Waals surface area contributed by atoms with E-state index >= 15 is 0 Å². The predicted molar refractivity (Wildman–Crippen MR) is 106 cm³/mol. The van der Waals surface area contributed by atoms with Crippen LogP contribution in [0.15, 0.2) is 42.7 Å². The predicted octanol–water partition coefficient (Wildman–Crippen LogP) is 3.09. The third-order valence-electron chi connectivity index (χ3n) is 6.12. The highest BCUT2D eigenvalue weighted by Gasteiger charge is 2.36. The second kappa shape index (κ2) is 8.26. The smallest absolute Gasteiger partial charge is 0.222 e. The van der Waals surface area contributed by atoms with E-state index in [2.05, 4.69) is 49.7 Å². The van der Waals surface area contributed by atoms with Crippen LogP contribution in [0.3, 0.4) is 0 Å². The molecule has 4 heterocycles. The van der Waals surface area contributed by atoms with Gasteiger partial charge in [-0.1, -0.05) is 30.3 Å². The van der Waals surface area contributed by atoms with Crippen molar-refractivity contribution >= 4 is 5.91 Å². The van der Waals surface area contributed by atoms with Crippen LogP contribution in [0.2, 0.25) is 0 Å². The minimum absolute atomic E-state index is 0.325. The summed E-state index contributed by atoms with van der Waals surface area (Å²) in [5, 5.41) is 0. The minimum atomic E-state index is 0.325. The first kappa shape index (κ1) is 18.2. The molecule has 3 fully saturated rings. The van der Waals surface area contributed by atoms with Crippen LogP contribution in [0.4, 0.5) is 0 Å². The number of carbonyl (C=O) groups excluding carboxylic acids is 1. The fourth-order valence-corrected chi connectivity index (χ4v) is 4.59. The molecule has 144 valence electrons. The van der Waals surface area contributed by atoms with Gasteiger partial charge < -0.3 is 9.47 Å². The summed E-state index contributed by atoms with van der Waals surface area (Å²) in [5.41, 5.74) is 1.37. The first-order valence-electron chi connectivity index (χ1n) is 10.2. The van der Waals surface area contributed by atoms with Gasteiger partial charge in [0.15, 0.2) is 0 Å². The molecule has 2 bridgehead atoms. The monoisotopic (exact) mass is 366 g/mol. The molecule has 2 atom stereocenters. The quantitative estimate of drug-likeness (QED) is 0.789. The van der Waals surface area contributed by atoms with Crippen molar-refractivity contribution in [1.82, 2.24) is 19.4 Å². The molecular weight excluding hydrogens is 336 g/mol. The van der Waals surface area contributed by atoms with Crippen LogP contribution in [0, 0.1) is 12.8 Å². The molecule has 0 aliphatic carbocycles. The number of rotatable bonds is 6. The molecule has 5 heteroatoms. The van der Waals surface area contributed by atoms with Crippen LogP contribution < -0.4 is 0 Å². The van der Waals surface area contributed by atoms with Gasteiger partial charge in [-0.05, 0) is 37.7 Å². The molecule has 0 radical (unpaired) electrons. The molecule has 1 aromatic carbocycles. The summed E-state index contributed by atoms with van der Waals surface area (Å²) in [5.74, 6) is 1.96. The Labute approximate surface area is 162 Å². The van der Waals surface area contributed by atoms with E-state index in [9.17, 15) is 4.79 Å². The second-order valence-corrected chi connectivity index (χ2v) is 8.08. The van der Waals surface area contributed by atoms with Crippen molar-refractivity contribution in [1.29, 1.82) is 0 Å². The highest BCUT2D eigenvalue weighted by Crippen LogP contribution is 2.29. The lowest BCUT2D eigenvalue weighted by Gasteiger charge is -2.36. The standard InChI is InChI=1S/C22H30N4O/c1-18-23-11-13-24(18)12-5-8-22(27)26-16-20-9-10-21(17-26)25(15-20)14-19-6-3-2-4-7-19/h2-4,6-7,11,13,20-21H,5,8-10,12,14-17H2,1H3. The van der Waals surface area contributed by atoms with E-state index in [0.717, 1.165) is 45.0 Å². The number of hydrogen-bond acceptors (Lipinski definition) is 3. The number of hydrogen-bond donors (Lipinski definition) is 0. The molecule has 0 spiro atoms. The number of piperidine rings is 1. The Morgan fingerprint density at radius 2 is 2.00 bits per heavy atom. The SMILES string of the molecule is Cc1nccn1CCCC(=O)N1CC2CCC(C1)N(Cc1ccccc1)C2. The largest absolute Gasteiger partial charge is 0.341 e. The summed E-state index contributed by atoms with van der Waals surface area (Å²) < 4.78 is 2.13. The first-order chi connectivity index (χ1) is 13.2. The molecule has 27 heavy (non-hydrogen) atoms. The van der Waals surface area contributed by atoms with Gasteiger partial charge >= 0.3 is 0 Å². The van der Waals surface area contributed by atoms with Gasteiger partial charge in [-0.2, -0.15) is 0 Å². The molecule has 1 amide bonds. The molecule has 0 saturated carbocycles. The summed E-state index contributed by atoms with van der Waals surface area (Å²) >= 11 is 0. The molecule has 1 aromatic heterocycles. The lowest BCUT2D eigenvalue weighted by molar-refractivity contribution is -0.131. The summed E-state index contributed by atoms with van der Waals surface area (Å²) in [4.78, 5) is 21.8. The zero-order valence-electron chi connectivity index (χ0n) is 16.3. The molecular formula is C22H30N4O. The number of imidazole rings is 1. The Balaban J connectivity index is 1.32. The van der Waals surface area contributed by atoms with Crippen LogP contribution in [0.25, 0.3) is 0 Å². The van der Waals surface area contributed by atoms with Crippen molar-refractivity contribution in [2.75, 3.05) is 19.6 Å². The summed E-state index contributed by atoms with van der Waals surface area (Å²) in [6, 6.07) is 11.2. The number of amides is 1. The molecule has 2 unspecified atom stereocenters. The van der Waals surface area contributed by atoms with Crippen LogP contribution in [0.5, 0.6) is 0 Å². The van der Waals surface area contributed by atoms with Gasteiger partial charge in [0, 0.05) is 57.6 Å². The van der Waals surface area contributed by atoms with Crippen LogP contribution >= 0.6 is 0 Å². The Kier molecular flexibility index (Phi) is 5.58. The van der Waals surface area contributed by atoms with E-state index in [1.165, 1.54) is 18.4 Å². The third-order valence-corrected chi connectivity index (χ3v) is 6.12. The van der Waals surface area contributed by atoms with Gasteiger partial charge in [-0.25, -0.2) is 4.98 Å². The zero-order chi connectivity index (χ0) is 18.6. The van der Waals surface area contributed by atoms with Gasteiger partial charge in [0.1, 0.15) is 5.82 Å². The fourth-order valence-electron chi connectivity index (χ4n) is 4.59. The number of carbonyl (C=O) groups is 1. The number of fused-ring (bicyclic) bond motifs is 4. The Bertz CT molecular complexity index is 757. The van der Waals surface area contributed by atoms with Crippen LogP contribution in [-0.4, -0.2) is 50.9 Å². The van der Waals surface area contributed by atoms with Gasteiger partial charge in [-0.15, -0.1) is 0 Å². The Morgan fingerprint density at radius 1 is 1.15 bits per heavy atom. The Hall–Kier alpha value is -2.14. The van der Waals surface area contributed by atoms with Crippen molar-refractivity contribution in [3.63, 3.8) is 0 Å². The van der Waals surface area contributed by atoms with Gasteiger partial charge in [-0.3, -0.25) is 9.69 Å². The number of nitrogens with zero attached hydrogens (tertiary/aromatic N) is 4. The maximum Gasteiger partial charge on any atom is 0.222 e. The van der Waals surface area contributed by atoms with Gasteiger partial charge in [0.05, 0.1) is 0 Å². The molecule has 5 nitrogen and oxygen atoms in total. The van der Waals surface area contributed by atoms with Crippen LogP contribution in [-0.2, 0) is 17.9 Å². The summed E-state index contributed by atoms with van der Waals surface area (Å²) in [6.45, 7) is 6.84. The lowest BCUT2D eigenvalue weighted by Crippen LogP contribution is -2.43. The topological polar surface area (TPSA) is 41.4 Å². The molecule has 5 rings (SSSR count). The normalized spacial score (nSPS) is 22.8. The maximum absolute atomic E-state index is 12.8. The van der Waals surface area contributed by atoms with E-state index in [0.29, 0.717) is 24.3 Å². The van der Waals surface area contributed by atoms with Crippen molar-refractivity contribution in [3.8, 4) is 0 Å². The Morgan fingerprint density at radius 3 is 2.78 bits per heavy atom. The lowest BCUT2D eigenvalue weighted by atomic mass is 9.94. The molecule has 3 aliphatic rings. The second-order valence-electron chi connectivity index (χ2n) is 8.08. The van der Waals surface area contributed by atoms with Crippen molar-refractivity contribution in [2.45, 2.75) is 51.7 Å². The van der Waals surface area contributed by atoms with E-state index in [1.807, 2.05) is 19.3 Å². The van der Waals surface area contributed by atoms with E-state index in [-0.39, 0.29) is 0 Å². The summed E-state index contributed by atoms with van der Waals surface area (Å²) in [6.07, 6.45) is 7.81. The fraction of sp³-hybridized carbons (Fsp3) is 0.545. The number of benzene rings is 1. The third kappa shape index (κ3) is 4.41. The van der Waals surface area contributed by atoms with E-state index in [4.69, 9.17) is 0 Å². The number of aryl methyl sites for hydroxylation is 2. The molecule has 2 aromatic rings. The summed E-state index contributed by atoms with van der Waals surface area (Å²) in [7, 11) is 0.